The number of halogens is 1. The predicted molar refractivity (Wildman–Crippen MR) is 50.8 cm³/mol. The first-order valence-corrected chi connectivity index (χ1v) is 3.76. The fraction of sp³-hybridized carbons (Fsp3) is 0.750. The van der Waals surface area contributed by atoms with Gasteiger partial charge in [-0.05, 0) is 13.3 Å². The van der Waals surface area contributed by atoms with Gasteiger partial charge in [-0.25, -0.2) is 0 Å². The summed E-state index contributed by atoms with van der Waals surface area (Å²) in [7, 11) is 0. The number of unbranched alkanes of at least 4 members (excludes halogenated alkanes) is 2. The quantitative estimate of drug-likeness (QED) is 0.336. The minimum Gasteiger partial charge on any atom is -0.466 e. The number of hydrogen-bond acceptors (Lipinski definition) is 2. The van der Waals surface area contributed by atoms with Gasteiger partial charge in [0.05, 0.1) is 6.61 Å². The van der Waals surface area contributed by atoms with Gasteiger partial charge in [-0.15, -0.1) is 17.0 Å². The minimum absolute atomic E-state index is 0. The van der Waals surface area contributed by atoms with E-state index in [9.17, 15) is 4.79 Å². The molecule has 0 bridgehead atoms. The molecule has 0 rings (SSSR count). The SMILES string of the molecule is Br.[CH2-]CCCCC(=O)OCC.[Zn]. The molecule has 0 aromatic heterocycles. The average molecular weight is 290 g/mol. The molecule has 4 heteroatoms. The monoisotopic (exact) mass is 287 g/mol. The largest absolute Gasteiger partial charge is 0.466 e. The van der Waals surface area contributed by atoms with Crippen LogP contribution in [0, 0.1) is 6.92 Å². The third-order valence-electron chi connectivity index (χ3n) is 1.19. The van der Waals surface area contributed by atoms with Crippen LogP contribution in [-0.4, -0.2) is 12.6 Å². The number of hydrogen-bond donors (Lipinski definition) is 0. The van der Waals surface area contributed by atoms with Gasteiger partial charge in [0, 0.05) is 25.9 Å². The Labute approximate surface area is 98.0 Å². The molecule has 12 heavy (non-hydrogen) atoms. The number of esters is 1. The first-order valence-electron chi connectivity index (χ1n) is 3.76. The van der Waals surface area contributed by atoms with Crippen LogP contribution in [0.2, 0.25) is 0 Å². The Morgan fingerprint density at radius 3 is 2.42 bits per heavy atom. The average Bonchev–Trinajstić information content (AvgIpc) is 1.89. The number of carbonyl (C=O) groups is 1. The third-order valence-corrected chi connectivity index (χ3v) is 1.19. The molecular weight excluding hydrogens is 273 g/mol. The van der Waals surface area contributed by atoms with Crippen molar-refractivity contribution in [3.63, 3.8) is 0 Å². The molecular formula is C8H16BrO2Zn-. The first kappa shape index (κ1) is 18.4. The second-order valence-electron chi connectivity index (χ2n) is 2.12. The molecule has 0 aliphatic carbocycles. The molecule has 0 atom stereocenters. The topological polar surface area (TPSA) is 26.3 Å². The summed E-state index contributed by atoms with van der Waals surface area (Å²) < 4.78 is 4.73. The van der Waals surface area contributed by atoms with Gasteiger partial charge in [0.2, 0.25) is 0 Å². The molecule has 0 saturated carbocycles. The summed E-state index contributed by atoms with van der Waals surface area (Å²) in [5, 5.41) is 0. The van der Waals surface area contributed by atoms with Crippen LogP contribution in [0.3, 0.4) is 0 Å². The van der Waals surface area contributed by atoms with Crippen LogP contribution in [0.15, 0.2) is 0 Å². The van der Waals surface area contributed by atoms with Crippen LogP contribution in [0.4, 0.5) is 0 Å². The Hall–Kier alpha value is 0.573. The van der Waals surface area contributed by atoms with E-state index in [1.807, 2.05) is 6.92 Å². The standard InChI is InChI=1S/C8H15O2.BrH.Zn/c1-3-5-6-7-8(9)10-4-2;;/h1,3-7H2,2H3;1H;/q-1;;. The molecule has 0 aliphatic heterocycles. The first-order chi connectivity index (χ1) is 4.81. The Bertz CT molecular complexity index is 99.1. The molecule has 0 N–H and O–H groups in total. The zero-order chi connectivity index (χ0) is 7.82. The molecule has 0 aromatic rings. The molecule has 0 saturated heterocycles. The summed E-state index contributed by atoms with van der Waals surface area (Å²) in [6.07, 6.45) is 3.36. The zero-order valence-electron chi connectivity index (χ0n) is 7.67. The van der Waals surface area contributed by atoms with Crippen LogP contribution in [0.25, 0.3) is 0 Å². The fourth-order valence-electron chi connectivity index (χ4n) is 0.679. The number of carbonyl (C=O) groups excluding carboxylic acids is 1. The van der Waals surface area contributed by atoms with E-state index in [0.717, 1.165) is 19.3 Å². The van der Waals surface area contributed by atoms with Crippen LogP contribution >= 0.6 is 17.0 Å². The van der Waals surface area contributed by atoms with E-state index in [2.05, 4.69) is 6.92 Å². The van der Waals surface area contributed by atoms with Gasteiger partial charge in [0.1, 0.15) is 0 Å². The van der Waals surface area contributed by atoms with Crippen LogP contribution < -0.4 is 0 Å². The number of ether oxygens (including phenoxy) is 1. The molecule has 0 spiro atoms. The molecule has 2 nitrogen and oxygen atoms in total. The van der Waals surface area contributed by atoms with E-state index in [4.69, 9.17) is 4.74 Å². The summed E-state index contributed by atoms with van der Waals surface area (Å²) >= 11 is 0. The molecule has 0 aliphatic rings. The van der Waals surface area contributed by atoms with Gasteiger partial charge in [0.15, 0.2) is 0 Å². The van der Waals surface area contributed by atoms with Crippen molar-refractivity contribution >= 4 is 23.0 Å². The smallest absolute Gasteiger partial charge is 0.305 e. The van der Waals surface area contributed by atoms with Crippen molar-refractivity contribution in [1.29, 1.82) is 0 Å². The fourth-order valence-corrected chi connectivity index (χ4v) is 0.679. The normalized spacial score (nSPS) is 7.83. The molecule has 0 unspecified atom stereocenters. The van der Waals surface area contributed by atoms with Gasteiger partial charge >= 0.3 is 5.97 Å². The molecule has 0 heterocycles. The van der Waals surface area contributed by atoms with E-state index >= 15 is 0 Å². The van der Waals surface area contributed by atoms with E-state index in [1.165, 1.54) is 0 Å². The van der Waals surface area contributed by atoms with Crippen molar-refractivity contribution in [2.24, 2.45) is 0 Å². The molecule has 0 fully saturated rings. The Morgan fingerprint density at radius 2 is 2.00 bits per heavy atom. The summed E-state index contributed by atoms with van der Waals surface area (Å²) in [5.74, 6) is -0.0871. The van der Waals surface area contributed by atoms with E-state index in [0.29, 0.717) is 13.0 Å². The second kappa shape index (κ2) is 14.1. The molecule has 70 valence electrons. The summed E-state index contributed by atoms with van der Waals surface area (Å²) in [6, 6.07) is 0. The van der Waals surface area contributed by atoms with Gasteiger partial charge in [-0.2, -0.15) is 6.42 Å². The molecule has 0 radical (unpaired) electrons. The van der Waals surface area contributed by atoms with Gasteiger partial charge < -0.3 is 11.7 Å². The van der Waals surface area contributed by atoms with Gasteiger partial charge in [0.25, 0.3) is 0 Å². The Morgan fingerprint density at radius 1 is 1.42 bits per heavy atom. The van der Waals surface area contributed by atoms with Crippen LogP contribution in [0.5, 0.6) is 0 Å². The maximum Gasteiger partial charge on any atom is 0.305 e. The Kier molecular flexibility index (Phi) is 21.6. The van der Waals surface area contributed by atoms with Crippen molar-refractivity contribution in [3.05, 3.63) is 6.92 Å². The summed E-state index contributed by atoms with van der Waals surface area (Å²) in [5.41, 5.74) is 0. The van der Waals surface area contributed by atoms with Crippen LogP contribution in [-0.2, 0) is 29.0 Å². The molecule has 0 amide bonds. The third kappa shape index (κ3) is 13.2. The molecule has 0 aromatic carbocycles. The van der Waals surface area contributed by atoms with E-state index < -0.39 is 0 Å². The van der Waals surface area contributed by atoms with Crippen molar-refractivity contribution in [3.8, 4) is 0 Å². The maximum atomic E-state index is 10.7. The van der Waals surface area contributed by atoms with E-state index in [1.54, 1.807) is 0 Å². The van der Waals surface area contributed by atoms with Crippen molar-refractivity contribution in [1.82, 2.24) is 0 Å². The minimum atomic E-state index is -0.0871. The van der Waals surface area contributed by atoms with Crippen molar-refractivity contribution in [2.45, 2.75) is 32.6 Å². The van der Waals surface area contributed by atoms with Crippen molar-refractivity contribution < 1.29 is 29.0 Å². The van der Waals surface area contributed by atoms with Crippen molar-refractivity contribution in [2.75, 3.05) is 6.61 Å². The summed E-state index contributed by atoms with van der Waals surface area (Å²) in [6.45, 7) is 5.98. The number of rotatable bonds is 5. The second-order valence-corrected chi connectivity index (χ2v) is 2.12. The van der Waals surface area contributed by atoms with Gasteiger partial charge in [-0.1, -0.05) is 6.42 Å². The zero-order valence-corrected chi connectivity index (χ0v) is 12.4. The van der Waals surface area contributed by atoms with E-state index in [-0.39, 0.29) is 42.4 Å². The van der Waals surface area contributed by atoms with Crippen LogP contribution in [0.1, 0.15) is 32.6 Å². The summed E-state index contributed by atoms with van der Waals surface area (Å²) in [4.78, 5) is 10.7. The Balaban J connectivity index is -0.000000405. The predicted octanol–water partition coefficient (Wildman–Crippen LogP) is 2.52. The maximum absolute atomic E-state index is 10.7. The van der Waals surface area contributed by atoms with Gasteiger partial charge in [-0.3, -0.25) is 4.79 Å².